The fraction of sp³-hybridized carbons (Fsp3) is 0.176. The molecule has 0 saturated carbocycles. The molecule has 1 radical (unpaired) electrons. The van der Waals surface area contributed by atoms with Crippen LogP contribution in [-0.4, -0.2) is 6.29 Å². The van der Waals surface area contributed by atoms with Gasteiger partial charge in [-0.05, 0) is 0 Å². The van der Waals surface area contributed by atoms with Crippen LogP contribution in [0.1, 0.15) is 18.9 Å². The van der Waals surface area contributed by atoms with Gasteiger partial charge in [-0.25, -0.2) is 24.3 Å². The topological polar surface area (TPSA) is 76.8 Å². The quantitative estimate of drug-likeness (QED) is 0.413. The molecule has 125 valence electrons. The third kappa shape index (κ3) is 52.9. The van der Waals surface area contributed by atoms with Gasteiger partial charge in [0.05, 0.1) is 0 Å². The summed E-state index contributed by atoms with van der Waals surface area (Å²) in [4.78, 5) is 9.05. The first-order valence-electron chi connectivity index (χ1n) is 5.62. The Morgan fingerprint density at radius 2 is 1.39 bits per heavy atom. The van der Waals surface area contributed by atoms with E-state index >= 15 is 0 Å². The van der Waals surface area contributed by atoms with Crippen molar-refractivity contribution >= 4 is 6.29 Å². The first kappa shape index (κ1) is 37.7. The summed E-state index contributed by atoms with van der Waals surface area (Å²) in [6.45, 7) is 17.3. The van der Waals surface area contributed by atoms with Crippen molar-refractivity contribution in [3.05, 3.63) is 80.1 Å². The fourth-order valence-electron chi connectivity index (χ4n) is 0.791. The molecule has 0 unspecified atom stereocenters. The van der Waals surface area contributed by atoms with Gasteiger partial charge in [-0.1, -0.05) is 13.8 Å². The van der Waals surface area contributed by atoms with Crippen molar-refractivity contribution < 1.29 is 52.9 Å². The normalized spacial score (nSPS) is 5.39. The molecule has 0 heterocycles. The Morgan fingerprint density at radius 3 is 1.48 bits per heavy atom. The Balaban J connectivity index is -0.0000000396. The van der Waals surface area contributed by atoms with Gasteiger partial charge in [-0.15, -0.1) is 0 Å². The Hall–Kier alpha value is -1.37. The molecule has 0 aliphatic carbocycles. The molecule has 2 rings (SSSR count). The molecule has 4 nitrogen and oxygen atoms in total. The van der Waals surface area contributed by atoms with Gasteiger partial charge in [-0.2, -0.15) is 42.3 Å². The average molecular weight is 396 g/mol. The van der Waals surface area contributed by atoms with E-state index in [1.54, 1.807) is 13.2 Å². The van der Waals surface area contributed by atoms with E-state index in [0.29, 0.717) is 6.42 Å². The molecule has 2 aromatic rings. The zero-order chi connectivity index (χ0) is 17.4. The van der Waals surface area contributed by atoms with E-state index in [4.69, 9.17) is 18.8 Å². The third-order valence-electron chi connectivity index (χ3n) is 1.53. The molecule has 0 spiro atoms. The Kier molecular flexibility index (Phi) is 81.6. The first-order chi connectivity index (χ1) is 10.3. The molecule has 6 heteroatoms. The molecule has 0 aromatic heterocycles. The van der Waals surface area contributed by atoms with Crippen molar-refractivity contribution in [3.8, 4) is 0 Å². The molecule has 0 atom stereocenters. The van der Waals surface area contributed by atoms with Crippen LogP contribution in [0.3, 0.4) is 0 Å². The summed E-state index contributed by atoms with van der Waals surface area (Å²) in [7, 11) is 0. The Bertz CT molecular complexity index is 386. The van der Waals surface area contributed by atoms with E-state index in [-0.39, 0.29) is 34.1 Å². The smallest absolute Gasteiger partial charge is 0.214 e. The summed E-state index contributed by atoms with van der Waals surface area (Å²) in [6, 6.07) is 18.2. The Morgan fingerprint density at radius 1 is 1.00 bits per heavy atom. The number of aryl methyl sites for hydroxylation is 1. The van der Waals surface area contributed by atoms with E-state index in [1.807, 2.05) is 42.5 Å². The molecule has 2 aromatic carbocycles. The van der Waals surface area contributed by atoms with E-state index < -0.39 is 0 Å². The zero-order valence-electron chi connectivity index (χ0n) is 12.8. The van der Waals surface area contributed by atoms with Crippen LogP contribution in [0.5, 0.6) is 0 Å². The summed E-state index contributed by atoms with van der Waals surface area (Å²) in [6.07, 6.45) is 2.19. The van der Waals surface area contributed by atoms with Crippen LogP contribution in [0.4, 0.5) is 0 Å². The number of hydrogen-bond acceptors (Lipinski definition) is 1. The molecule has 0 saturated heterocycles. The molecule has 0 N–H and O–H groups in total. The maximum absolute atomic E-state index is 9.05. The largest absolute Gasteiger partial charge is 2.00 e. The summed E-state index contributed by atoms with van der Waals surface area (Å²) in [5, 5.41) is 0. The van der Waals surface area contributed by atoms with Crippen molar-refractivity contribution in [3.63, 3.8) is 0 Å². The minimum atomic E-state index is 0. The molecular weight excluding hydrogens is 379 g/mol. The predicted molar refractivity (Wildman–Crippen MR) is 76.6 cm³/mol. The van der Waals surface area contributed by atoms with Gasteiger partial charge in [0.15, 0.2) is 0 Å². The second-order valence-electron chi connectivity index (χ2n) is 2.92. The molecule has 0 amide bonds. The third-order valence-corrected chi connectivity index (χ3v) is 1.53. The molecule has 0 aliphatic heterocycles. The van der Waals surface area contributed by atoms with E-state index in [9.17, 15) is 0 Å². The van der Waals surface area contributed by atoms with Crippen molar-refractivity contribution in [1.29, 1.82) is 0 Å². The van der Waals surface area contributed by atoms with Gasteiger partial charge in [0.1, 0.15) is 0 Å². The van der Waals surface area contributed by atoms with Gasteiger partial charge >= 0.3 is 51.0 Å². The average Bonchev–Trinajstić information content (AvgIpc) is 3.30. The SMILES string of the molecule is CC[C-]=O.Cc1ccc[cH-]1.[C-]#[O+].[C-]#[O+].[C-]#[O+].[Fe+2].[Mn].c1cc[cH-]c1. The van der Waals surface area contributed by atoms with Crippen molar-refractivity contribution in [2.45, 2.75) is 20.3 Å². The predicted octanol–water partition coefficient (Wildman–Crippen LogP) is 3.51. The second-order valence-corrected chi connectivity index (χ2v) is 2.92. The van der Waals surface area contributed by atoms with Crippen molar-refractivity contribution in [2.24, 2.45) is 0 Å². The number of carbonyl (C=O) groups excluding carboxylic acids is 1. The Labute approximate surface area is 159 Å². The standard InChI is InChI=1S/C6H7.C5H5.C3H5O.3CO.Fe.Mn/c1-6-4-2-3-5-6;1-2-4-5-3-1;1-2-3-4;3*1-2;;/h2-5H,1H3;1-5H;2H2,1H3;;;;;/q3*-1;;;;+2;. The van der Waals surface area contributed by atoms with Crippen LogP contribution in [0.25, 0.3) is 0 Å². The fourth-order valence-corrected chi connectivity index (χ4v) is 0.791. The van der Waals surface area contributed by atoms with Crippen LogP contribution in [0, 0.1) is 26.9 Å². The first-order valence-corrected chi connectivity index (χ1v) is 5.62. The van der Waals surface area contributed by atoms with Crippen molar-refractivity contribution in [1.82, 2.24) is 0 Å². The van der Waals surface area contributed by atoms with Gasteiger partial charge in [-0.3, -0.25) is 6.29 Å². The molecule has 0 bridgehead atoms. The minimum Gasteiger partial charge on any atom is -0.214 e. The molecule has 0 fully saturated rings. The van der Waals surface area contributed by atoms with Gasteiger partial charge in [0.25, 0.3) is 0 Å². The number of rotatable bonds is 1. The van der Waals surface area contributed by atoms with Crippen LogP contribution < -0.4 is 0 Å². The summed E-state index contributed by atoms with van der Waals surface area (Å²) >= 11 is 0. The van der Waals surface area contributed by atoms with Gasteiger partial charge < -0.3 is 4.79 Å². The minimum absolute atomic E-state index is 0. The second kappa shape index (κ2) is 49.8. The van der Waals surface area contributed by atoms with Gasteiger partial charge in [0.2, 0.25) is 0 Å². The van der Waals surface area contributed by atoms with E-state index in [0.717, 1.165) is 0 Å². The number of hydrogen-bond donors (Lipinski definition) is 0. The molecule has 0 aliphatic rings. The maximum Gasteiger partial charge on any atom is 2.00 e. The van der Waals surface area contributed by atoms with Crippen LogP contribution in [-0.2, 0) is 52.9 Å². The van der Waals surface area contributed by atoms with Crippen molar-refractivity contribution in [2.75, 3.05) is 0 Å². The molecule has 23 heavy (non-hydrogen) atoms. The van der Waals surface area contributed by atoms with Crippen LogP contribution in [0.2, 0.25) is 0 Å². The van der Waals surface area contributed by atoms with E-state index in [1.165, 1.54) is 5.56 Å². The summed E-state index contributed by atoms with van der Waals surface area (Å²) in [5.74, 6) is 0. The summed E-state index contributed by atoms with van der Waals surface area (Å²) < 4.78 is 22.5. The zero-order valence-corrected chi connectivity index (χ0v) is 15.1. The maximum atomic E-state index is 9.05. The van der Waals surface area contributed by atoms with Crippen LogP contribution >= 0.6 is 0 Å². The molecular formula is C17H17FeMnO4-. The van der Waals surface area contributed by atoms with E-state index in [2.05, 4.69) is 39.0 Å². The van der Waals surface area contributed by atoms with Crippen LogP contribution in [0.15, 0.2) is 54.6 Å². The summed E-state index contributed by atoms with van der Waals surface area (Å²) in [5.41, 5.74) is 1.34. The van der Waals surface area contributed by atoms with Gasteiger partial charge in [0, 0.05) is 17.1 Å². The monoisotopic (exact) mass is 396 g/mol.